The molecule has 0 aromatic carbocycles. The molecular weight excluding hydrogens is 248 g/mol. The molecule has 0 aliphatic heterocycles. The van der Waals surface area contributed by atoms with Gasteiger partial charge in [-0.3, -0.25) is 0 Å². The minimum atomic E-state index is 0.442. The molecule has 4 nitrogen and oxygen atoms in total. The molecule has 1 heterocycles. The van der Waals surface area contributed by atoms with Gasteiger partial charge in [-0.2, -0.15) is 0 Å². The standard InChI is InChI=1S/C16H28N4/c1-16(2,3)12-6-4-11(5-7-12)15-19-18-14(10-17)20(15)13-8-9-13/h11-13H,4-10,17H2,1-3H3. The van der Waals surface area contributed by atoms with Crippen LogP contribution in [-0.4, -0.2) is 14.8 Å². The Hall–Kier alpha value is -0.900. The monoisotopic (exact) mass is 276 g/mol. The van der Waals surface area contributed by atoms with Gasteiger partial charge in [0.15, 0.2) is 0 Å². The van der Waals surface area contributed by atoms with Gasteiger partial charge in [0.1, 0.15) is 11.6 Å². The van der Waals surface area contributed by atoms with E-state index in [0.717, 1.165) is 11.7 Å². The highest BCUT2D eigenvalue weighted by Gasteiger charge is 2.35. The Labute approximate surface area is 122 Å². The van der Waals surface area contributed by atoms with Crippen LogP contribution >= 0.6 is 0 Å². The van der Waals surface area contributed by atoms with E-state index in [2.05, 4.69) is 35.5 Å². The highest BCUT2D eigenvalue weighted by molar-refractivity contribution is 5.08. The summed E-state index contributed by atoms with van der Waals surface area (Å²) in [5, 5.41) is 8.82. The van der Waals surface area contributed by atoms with Gasteiger partial charge in [0.05, 0.1) is 6.54 Å². The van der Waals surface area contributed by atoms with Gasteiger partial charge >= 0.3 is 0 Å². The van der Waals surface area contributed by atoms with Crippen molar-refractivity contribution in [2.75, 3.05) is 0 Å². The number of nitrogens with zero attached hydrogens (tertiary/aromatic N) is 3. The molecule has 2 fully saturated rings. The lowest BCUT2D eigenvalue weighted by Gasteiger charge is -2.36. The lowest BCUT2D eigenvalue weighted by Crippen LogP contribution is -2.26. The Kier molecular flexibility index (Phi) is 3.61. The number of rotatable bonds is 3. The third kappa shape index (κ3) is 2.62. The second kappa shape index (κ2) is 5.14. The van der Waals surface area contributed by atoms with Crippen LogP contribution in [0.4, 0.5) is 0 Å². The van der Waals surface area contributed by atoms with Gasteiger partial charge < -0.3 is 10.3 Å². The summed E-state index contributed by atoms with van der Waals surface area (Å²) >= 11 is 0. The molecule has 2 saturated carbocycles. The van der Waals surface area contributed by atoms with E-state index >= 15 is 0 Å². The molecule has 1 aromatic heterocycles. The normalized spacial score (nSPS) is 27.8. The van der Waals surface area contributed by atoms with E-state index < -0.39 is 0 Å². The van der Waals surface area contributed by atoms with Gasteiger partial charge in [0.2, 0.25) is 0 Å². The fraction of sp³-hybridized carbons (Fsp3) is 0.875. The maximum atomic E-state index is 5.81. The predicted molar refractivity (Wildman–Crippen MR) is 80.3 cm³/mol. The lowest BCUT2D eigenvalue weighted by molar-refractivity contribution is 0.166. The van der Waals surface area contributed by atoms with Crippen molar-refractivity contribution in [1.29, 1.82) is 0 Å². The molecule has 2 aliphatic rings. The van der Waals surface area contributed by atoms with Crippen molar-refractivity contribution in [1.82, 2.24) is 14.8 Å². The molecule has 2 N–H and O–H groups in total. The van der Waals surface area contributed by atoms with Crippen LogP contribution in [0.2, 0.25) is 0 Å². The number of hydrogen-bond acceptors (Lipinski definition) is 3. The first kappa shape index (κ1) is 14.1. The zero-order valence-electron chi connectivity index (χ0n) is 13.1. The molecule has 0 bridgehead atoms. The Morgan fingerprint density at radius 1 is 1.05 bits per heavy atom. The SMILES string of the molecule is CC(C)(C)C1CCC(c2nnc(CN)n2C2CC2)CC1. The fourth-order valence-electron chi connectivity index (χ4n) is 3.70. The number of aromatic nitrogens is 3. The Morgan fingerprint density at radius 2 is 1.70 bits per heavy atom. The second-order valence-corrected chi connectivity index (χ2v) is 7.69. The van der Waals surface area contributed by atoms with Crippen LogP contribution in [0.3, 0.4) is 0 Å². The van der Waals surface area contributed by atoms with Crippen LogP contribution in [0.25, 0.3) is 0 Å². The minimum absolute atomic E-state index is 0.442. The van der Waals surface area contributed by atoms with Crippen LogP contribution in [0.15, 0.2) is 0 Å². The first-order valence-electron chi connectivity index (χ1n) is 8.14. The molecule has 1 aromatic rings. The molecule has 3 rings (SSSR count). The summed E-state index contributed by atoms with van der Waals surface area (Å²) in [7, 11) is 0. The summed E-state index contributed by atoms with van der Waals surface area (Å²) in [6.07, 6.45) is 7.72. The van der Waals surface area contributed by atoms with Gasteiger partial charge in [-0.15, -0.1) is 10.2 Å². The van der Waals surface area contributed by atoms with Crippen molar-refractivity contribution in [3.63, 3.8) is 0 Å². The Morgan fingerprint density at radius 3 is 2.20 bits per heavy atom. The Bertz CT molecular complexity index is 459. The van der Waals surface area contributed by atoms with Crippen LogP contribution in [0, 0.1) is 11.3 Å². The summed E-state index contributed by atoms with van der Waals surface area (Å²) in [6.45, 7) is 7.63. The Balaban J connectivity index is 1.74. The molecular formula is C16H28N4. The molecule has 112 valence electrons. The maximum Gasteiger partial charge on any atom is 0.147 e. The predicted octanol–water partition coefficient (Wildman–Crippen LogP) is 3.39. The smallest absolute Gasteiger partial charge is 0.147 e. The highest BCUT2D eigenvalue weighted by atomic mass is 15.3. The first-order chi connectivity index (χ1) is 9.50. The highest BCUT2D eigenvalue weighted by Crippen LogP contribution is 2.45. The zero-order chi connectivity index (χ0) is 14.3. The van der Waals surface area contributed by atoms with Gasteiger partial charge in [0, 0.05) is 12.0 Å². The fourth-order valence-corrected chi connectivity index (χ4v) is 3.70. The summed E-state index contributed by atoms with van der Waals surface area (Å²) in [4.78, 5) is 0. The molecule has 0 amide bonds. The van der Waals surface area contributed by atoms with Crippen molar-refractivity contribution in [2.24, 2.45) is 17.1 Å². The van der Waals surface area contributed by atoms with E-state index in [4.69, 9.17) is 5.73 Å². The molecule has 0 spiro atoms. The largest absolute Gasteiger partial charge is 0.324 e. The van der Waals surface area contributed by atoms with Crippen LogP contribution < -0.4 is 5.73 Å². The first-order valence-corrected chi connectivity index (χ1v) is 8.14. The average molecular weight is 276 g/mol. The van der Waals surface area contributed by atoms with Crippen molar-refractivity contribution >= 4 is 0 Å². The topological polar surface area (TPSA) is 56.7 Å². The summed E-state index contributed by atoms with van der Waals surface area (Å²) in [5.41, 5.74) is 6.26. The third-order valence-corrected chi connectivity index (χ3v) is 5.20. The van der Waals surface area contributed by atoms with E-state index in [1.54, 1.807) is 0 Å². The number of hydrogen-bond donors (Lipinski definition) is 1. The molecule has 0 radical (unpaired) electrons. The van der Waals surface area contributed by atoms with E-state index in [-0.39, 0.29) is 0 Å². The van der Waals surface area contributed by atoms with Gasteiger partial charge in [0.25, 0.3) is 0 Å². The van der Waals surface area contributed by atoms with Gasteiger partial charge in [-0.25, -0.2) is 0 Å². The quantitative estimate of drug-likeness (QED) is 0.920. The molecule has 4 heteroatoms. The van der Waals surface area contributed by atoms with E-state index in [1.165, 1.54) is 44.3 Å². The molecule has 20 heavy (non-hydrogen) atoms. The average Bonchev–Trinajstić information content (AvgIpc) is 3.17. The van der Waals surface area contributed by atoms with Gasteiger partial charge in [-0.1, -0.05) is 20.8 Å². The summed E-state index contributed by atoms with van der Waals surface area (Å²) in [6, 6.07) is 0.638. The molecule has 2 aliphatic carbocycles. The van der Waals surface area contributed by atoms with Crippen molar-refractivity contribution in [3.8, 4) is 0 Å². The van der Waals surface area contributed by atoms with E-state index in [1.807, 2.05) is 0 Å². The van der Waals surface area contributed by atoms with Crippen molar-refractivity contribution < 1.29 is 0 Å². The second-order valence-electron chi connectivity index (χ2n) is 7.69. The zero-order valence-corrected chi connectivity index (χ0v) is 13.1. The third-order valence-electron chi connectivity index (χ3n) is 5.20. The molecule has 0 saturated heterocycles. The maximum absolute atomic E-state index is 5.81. The molecule has 0 unspecified atom stereocenters. The minimum Gasteiger partial charge on any atom is -0.324 e. The molecule has 0 atom stereocenters. The van der Waals surface area contributed by atoms with Crippen LogP contribution in [0.5, 0.6) is 0 Å². The lowest BCUT2D eigenvalue weighted by atomic mass is 9.69. The van der Waals surface area contributed by atoms with Crippen molar-refractivity contribution in [3.05, 3.63) is 11.6 Å². The van der Waals surface area contributed by atoms with Crippen LogP contribution in [0.1, 0.15) is 82.9 Å². The number of nitrogens with two attached hydrogens (primary N) is 1. The van der Waals surface area contributed by atoms with Gasteiger partial charge in [-0.05, 0) is 49.9 Å². The summed E-state index contributed by atoms with van der Waals surface area (Å²) < 4.78 is 2.36. The van der Waals surface area contributed by atoms with Crippen molar-refractivity contribution in [2.45, 2.75) is 77.8 Å². The van der Waals surface area contributed by atoms with E-state index in [9.17, 15) is 0 Å². The van der Waals surface area contributed by atoms with E-state index in [0.29, 0.717) is 23.9 Å². The summed E-state index contributed by atoms with van der Waals surface area (Å²) in [5.74, 6) is 3.66. The van der Waals surface area contributed by atoms with Crippen LogP contribution in [-0.2, 0) is 6.54 Å².